The number of anilines is 2. The third-order valence-corrected chi connectivity index (χ3v) is 3.61. The predicted octanol–water partition coefficient (Wildman–Crippen LogP) is 3.12. The molecule has 24 heavy (non-hydrogen) atoms. The second kappa shape index (κ2) is 5.92. The maximum atomic E-state index is 11.7. The van der Waals surface area contributed by atoms with Crippen molar-refractivity contribution in [1.29, 1.82) is 0 Å². The SMILES string of the molecule is O=c1nc2ncccc2c(Nc2ccc(-c3ccccn3)cc2)[nH]1. The lowest BCUT2D eigenvalue weighted by Gasteiger charge is -2.09. The Hall–Kier alpha value is -3.54. The highest BCUT2D eigenvalue weighted by atomic mass is 16.1. The van der Waals surface area contributed by atoms with Gasteiger partial charge < -0.3 is 5.32 Å². The van der Waals surface area contributed by atoms with Crippen LogP contribution in [0.25, 0.3) is 22.3 Å². The Morgan fingerprint density at radius 1 is 0.875 bits per heavy atom. The Labute approximate surface area is 137 Å². The molecule has 4 aromatic rings. The molecule has 0 fully saturated rings. The van der Waals surface area contributed by atoms with E-state index in [9.17, 15) is 4.79 Å². The highest BCUT2D eigenvalue weighted by Gasteiger charge is 2.06. The van der Waals surface area contributed by atoms with Crippen LogP contribution in [0.5, 0.6) is 0 Å². The third kappa shape index (κ3) is 2.72. The van der Waals surface area contributed by atoms with E-state index in [2.05, 4.69) is 25.3 Å². The molecule has 0 spiro atoms. The lowest BCUT2D eigenvalue weighted by Crippen LogP contribution is -2.13. The van der Waals surface area contributed by atoms with Crippen molar-refractivity contribution in [2.24, 2.45) is 0 Å². The van der Waals surface area contributed by atoms with Crippen molar-refractivity contribution in [1.82, 2.24) is 19.9 Å². The molecular weight excluding hydrogens is 302 g/mol. The molecule has 0 atom stereocenters. The van der Waals surface area contributed by atoms with Gasteiger partial charge in [0.15, 0.2) is 5.65 Å². The summed E-state index contributed by atoms with van der Waals surface area (Å²) < 4.78 is 0. The molecule has 3 aromatic heterocycles. The first-order chi connectivity index (χ1) is 11.8. The smallest absolute Gasteiger partial charge is 0.341 e. The predicted molar refractivity (Wildman–Crippen MR) is 93.1 cm³/mol. The van der Waals surface area contributed by atoms with Gasteiger partial charge in [0.25, 0.3) is 0 Å². The van der Waals surface area contributed by atoms with Crippen LogP contribution in [0.4, 0.5) is 11.5 Å². The molecule has 0 saturated heterocycles. The lowest BCUT2D eigenvalue weighted by atomic mass is 10.1. The topological polar surface area (TPSA) is 83.6 Å². The van der Waals surface area contributed by atoms with Crippen molar-refractivity contribution in [2.75, 3.05) is 5.32 Å². The van der Waals surface area contributed by atoms with E-state index in [4.69, 9.17) is 0 Å². The van der Waals surface area contributed by atoms with Gasteiger partial charge in [-0.3, -0.25) is 9.97 Å². The van der Waals surface area contributed by atoms with Crippen molar-refractivity contribution >= 4 is 22.5 Å². The normalized spacial score (nSPS) is 10.7. The molecule has 1 aromatic carbocycles. The molecule has 0 saturated carbocycles. The summed E-state index contributed by atoms with van der Waals surface area (Å²) in [6, 6.07) is 17.3. The van der Waals surface area contributed by atoms with Gasteiger partial charge >= 0.3 is 5.69 Å². The van der Waals surface area contributed by atoms with Gasteiger partial charge in [-0.25, -0.2) is 9.78 Å². The summed E-state index contributed by atoms with van der Waals surface area (Å²) in [6.45, 7) is 0. The van der Waals surface area contributed by atoms with Gasteiger partial charge in [0.05, 0.1) is 11.1 Å². The zero-order valence-corrected chi connectivity index (χ0v) is 12.6. The quantitative estimate of drug-likeness (QED) is 0.607. The highest BCUT2D eigenvalue weighted by Crippen LogP contribution is 2.23. The van der Waals surface area contributed by atoms with Crippen LogP contribution in [-0.2, 0) is 0 Å². The first-order valence-electron chi connectivity index (χ1n) is 7.43. The minimum absolute atomic E-state index is 0.411. The average Bonchev–Trinajstić information content (AvgIpc) is 2.63. The average molecular weight is 315 g/mol. The summed E-state index contributed by atoms with van der Waals surface area (Å²) in [5.41, 5.74) is 2.76. The van der Waals surface area contributed by atoms with Gasteiger partial charge in [-0.15, -0.1) is 0 Å². The third-order valence-electron chi connectivity index (χ3n) is 3.61. The van der Waals surface area contributed by atoms with Crippen LogP contribution in [-0.4, -0.2) is 19.9 Å². The van der Waals surface area contributed by atoms with Gasteiger partial charge in [0, 0.05) is 23.6 Å². The molecule has 0 amide bonds. The Morgan fingerprint density at radius 3 is 2.50 bits per heavy atom. The number of pyridine rings is 2. The zero-order chi connectivity index (χ0) is 16.4. The Balaban J connectivity index is 1.68. The molecule has 4 rings (SSSR count). The lowest BCUT2D eigenvalue weighted by molar-refractivity contribution is 1.10. The van der Waals surface area contributed by atoms with Crippen LogP contribution in [0.15, 0.2) is 71.8 Å². The molecule has 0 unspecified atom stereocenters. The van der Waals surface area contributed by atoms with Gasteiger partial charge in [0.2, 0.25) is 0 Å². The van der Waals surface area contributed by atoms with Gasteiger partial charge in [-0.2, -0.15) is 4.98 Å². The molecule has 2 N–H and O–H groups in total. The molecule has 6 nitrogen and oxygen atoms in total. The fourth-order valence-electron chi connectivity index (χ4n) is 2.48. The number of benzene rings is 1. The standard InChI is InChI=1S/C18H13N5O/c24-18-22-16-14(4-3-11-20-16)17(23-18)21-13-8-6-12(7-9-13)15-5-1-2-10-19-15/h1-11H,(H2,20,21,22,23,24). The number of nitrogens with one attached hydrogen (secondary N) is 2. The van der Waals surface area contributed by atoms with Gasteiger partial charge in [0.1, 0.15) is 5.82 Å². The summed E-state index contributed by atoms with van der Waals surface area (Å²) >= 11 is 0. The van der Waals surface area contributed by atoms with E-state index in [1.165, 1.54) is 0 Å². The van der Waals surface area contributed by atoms with Crippen LogP contribution in [0.2, 0.25) is 0 Å². The molecule has 3 heterocycles. The minimum Gasteiger partial charge on any atom is -0.341 e. The molecule has 0 radical (unpaired) electrons. The molecule has 0 aliphatic carbocycles. The number of hydrogen-bond donors (Lipinski definition) is 2. The van der Waals surface area contributed by atoms with Crippen LogP contribution in [0, 0.1) is 0 Å². The van der Waals surface area contributed by atoms with E-state index in [1.54, 1.807) is 18.5 Å². The highest BCUT2D eigenvalue weighted by molar-refractivity contribution is 5.88. The number of rotatable bonds is 3. The van der Waals surface area contributed by atoms with E-state index in [1.807, 2.05) is 48.5 Å². The Kier molecular flexibility index (Phi) is 3.47. The van der Waals surface area contributed by atoms with Crippen molar-refractivity contribution in [2.45, 2.75) is 0 Å². The number of fused-ring (bicyclic) bond motifs is 1. The zero-order valence-electron chi connectivity index (χ0n) is 12.6. The summed E-state index contributed by atoms with van der Waals surface area (Å²) in [5, 5.41) is 3.97. The number of aromatic nitrogens is 4. The maximum absolute atomic E-state index is 11.7. The van der Waals surface area contributed by atoms with E-state index in [0.717, 1.165) is 22.3 Å². The Morgan fingerprint density at radius 2 is 1.71 bits per heavy atom. The molecule has 6 heteroatoms. The first-order valence-corrected chi connectivity index (χ1v) is 7.43. The summed E-state index contributed by atoms with van der Waals surface area (Å²) in [7, 11) is 0. The first kappa shape index (κ1) is 14.1. The number of hydrogen-bond acceptors (Lipinski definition) is 5. The van der Waals surface area contributed by atoms with Crippen molar-refractivity contribution < 1.29 is 0 Å². The largest absolute Gasteiger partial charge is 0.348 e. The van der Waals surface area contributed by atoms with Gasteiger partial charge in [-0.1, -0.05) is 18.2 Å². The summed E-state index contributed by atoms with van der Waals surface area (Å²) in [5.74, 6) is 0.573. The number of nitrogens with zero attached hydrogens (tertiary/aromatic N) is 3. The van der Waals surface area contributed by atoms with Crippen LogP contribution >= 0.6 is 0 Å². The van der Waals surface area contributed by atoms with E-state index < -0.39 is 5.69 Å². The van der Waals surface area contributed by atoms with Crippen molar-refractivity contribution in [3.63, 3.8) is 0 Å². The molecule has 0 aliphatic rings. The van der Waals surface area contributed by atoms with Crippen molar-refractivity contribution in [3.8, 4) is 11.3 Å². The summed E-state index contributed by atoms with van der Waals surface area (Å²) in [4.78, 5) is 26.7. The van der Waals surface area contributed by atoms with Crippen LogP contribution in [0.3, 0.4) is 0 Å². The van der Waals surface area contributed by atoms with Gasteiger partial charge in [-0.05, 0) is 36.4 Å². The fourth-order valence-corrected chi connectivity index (χ4v) is 2.48. The second-order valence-corrected chi connectivity index (χ2v) is 5.21. The Bertz CT molecular complexity index is 1040. The molecule has 116 valence electrons. The fraction of sp³-hybridized carbons (Fsp3) is 0. The molecule has 0 aliphatic heterocycles. The minimum atomic E-state index is -0.436. The van der Waals surface area contributed by atoms with Crippen molar-refractivity contribution in [3.05, 3.63) is 77.5 Å². The van der Waals surface area contributed by atoms with E-state index in [0.29, 0.717) is 11.5 Å². The van der Waals surface area contributed by atoms with Crippen LogP contribution < -0.4 is 11.0 Å². The molecule has 0 bridgehead atoms. The summed E-state index contributed by atoms with van der Waals surface area (Å²) in [6.07, 6.45) is 3.38. The second-order valence-electron chi connectivity index (χ2n) is 5.21. The van der Waals surface area contributed by atoms with Crippen LogP contribution in [0.1, 0.15) is 0 Å². The maximum Gasteiger partial charge on any atom is 0.348 e. The van der Waals surface area contributed by atoms with E-state index in [-0.39, 0.29) is 0 Å². The number of H-pyrrole nitrogens is 1. The monoisotopic (exact) mass is 315 g/mol. The number of aromatic amines is 1. The molecular formula is C18H13N5O. The van der Waals surface area contributed by atoms with E-state index >= 15 is 0 Å².